The number of nitrogens with one attached hydrogen (secondary N) is 1. The third kappa shape index (κ3) is 4.06. The van der Waals surface area contributed by atoms with Crippen LogP contribution in [0.1, 0.15) is 16.1 Å². The van der Waals surface area contributed by atoms with Crippen LogP contribution < -0.4 is 14.8 Å². The van der Waals surface area contributed by atoms with E-state index in [0.717, 1.165) is 5.56 Å². The highest BCUT2D eigenvalue weighted by Gasteiger charge is 2.17. The van der Waals surface area contributed by atoms with Crippen LogP contribution in [-0.4, -0.2) is 37.4 Å². The van der Waals surface area contributed by atoms with Gasteiger partial charge in [-0.2, -0.15) is 0 Å². The molecular weight excluding hydrogens is 376 g/mol. The number of methoxy groups -OCH3 is 1. The van der Waals surface area contributed by atoms with Crippen LogP contribution in [0.25, 0.3) is 11.3 Å². The Hall–Kier alpha value is -3.81. The van der Waals surface area contributed by atoms with E-state index in [1.54, 1.807) is 30.3 Å². The fourth-order valence-corrected chi connectivity index (χ4v) is 2.97. The van der Waals surface area contributed by atoms with Crippen LogP contribution in [0.3, 0.4) is 0 Å². The number of hydrogen-bond acceptors (Lipinski definition) is 7. The molecule has 1 aliphatic heterocycles. The van der Waals surface area contributed by atoms with Gasteiger partial charge < -0.3 is 24.1 Å². The normalized spacial score (nSPS) is 12.3. The molecule has 0 bridgehead atoms. The summed E-state index contributed by atoms with van der Waals surface area (Å²) in [7, 11) is 1.29. The van der Waals surface area contributed by atoms with Gasteiger partial charge in [0.2, 0.25) is 5.91 Å². The molecule has 1 N–H and O–H groups in total. The zero-order valence-electron chi connectivity index (χ0n) is 15.6. The Kier molecular flexibility index (Phi) is 5.15. The smallest absolute Gasteiger partial charge is 0.339 e. The minimum absolute atomic E-state index is 0.0104. The monoisotopic (exact) mass is 394 g/mol. The number of benzene rings is 2. The molecule has 0 saturated heterocycles. The van der Waals surface area contributed by atoms with Crippen LogP contribution in [0, 0.1) is 0 Å². The first-order chi connectivity index (χ1) is 14.1. The Balaban J connectivity index is 1.46. The Morgan fingerprint density at radius 2 is 1.86 bits per heavy atom. The van der Waals surface area contributed by atoms with Gasteiger partial charge in [-0.3, -0.25) is 4.79 Å². The SMILES string of the molecule is COC(=O)c1ccccc1NC(=O)Cc1cc(-c2ccc3c(c2)OCCO3)on1. The molecule has 1 aliphatic rings. The average Bonchev–Trinajstić information content (AvgIpc) is 3.21. The van der Waals surface area contributed by atoms with E-state index < -0.39 is 5.97 Å². The first kappa shape index (κ1) is 18.5. The van der Waals surface area contributed by atoms with Crippen molar-refractivity contribution in [2.45, 2.75) is 6.42 Å². The minimum atomic E-state index is -0.525. The lowest BCUT2D eigenvalue weighted by atomic mass is 10.1. The minimum Gasteiger partial charge on any atom is -0.486 e. The topological polar surface area (TPSA) is 99.9 Å². The second-order valence-corrected chi connectivity index (χ2v) is 6.30. The summed E-state index contributed by atoms with van der Waals surface area (Å²) in [6, 6.07) is 13.8. The number of rotatable bonds is 5. The molecule has 1 amide bonds. The average molecular weight is 394 g/mol. The van der Waals surface area contributed by atoms with E-state index in [2.05, 4.69) is 10.5 Å². The van der Waals surface area contributed by atoms with Crippen molar-refractivity contribution in [1.82, 2.24) is 5.16 Å². The van der Waals surface area contributed by atoms with Gasteiger partial charge in [-0.1, -0.05) is 17.3 Å². The van der Waals surface area contributed by atoms with Crippen molar-refractivity contribution in [3.05, 3.63) is 59.8 Å². The van der Waals surface area contributed by atoms with Crippen LogP contribution in [0.15, 0.2) is 53.1 Å². The number of para-hydroxylation sites is 1. The maximum atomic E-state index is 12.4. The van der Waals surface area contributed by atoms with E-state index in [1.807, 2.05) is 18.2 Å². The van der Waals surface area contributed by atoms with Crippen molar-refractivity contribution >= 4 is 17.6 Å². The summed E-state index contributed by atoms with van der Waals surface area (Å²) < 4.78 is 21.2. The molecule has 2 heterocycles. The summed E-state index contributed by atoms with van der Waals surface area (Å²) >= 11 is 0. The second-order valence-electron chi connectivity index (χ2n) is 6.30. The summed E-state index contributed by atoms with van der Waals surface area (Å²) in [4.78, 5) is 24.2. The van der Waals surface area contributed by atoms with Gasteiger partial charge in [-0.05, 0) is 30.3 Å². The van der Waals surface area contributed by atoms with Crippen molar-refractivity contribution in [1.29, 1.82) is 0 Å². The van der Waals surface area contributed by atoms with Crippen LogP contribution in [0.2, 0.25) is 0 Å². The first-order valence-electron chi connectivity index (χ1n) is 8.97. The molecule has 8 heteroatoms. The zero-order valence-corrected chi connectivity index (χ0v) is 15.6. The van der Waals surface area contributed by atoms with Gasteiger partial charge in [-0.25, -0.2) is 4.79 Å². The summed E-state index contributed by atoms with van der Waals surface area (Å²) in [5, 5.41) is 6.67. The third-order valence-corrected chi connectivity index (χ3v) is 4.33. The van der Waals surface area contributed by atoms with Gasteiger partial charge in [0, 0.05) is 11.6 Å². The van der Waals surface area contributed by atoms with Crippen molar-refractivity contribution in [2.24, 2.45) is 0 Å². The number of esters is 1. The molecule has 2 aromatic carbocycles. The number of aromatic nitrogens is 1. The molecule has 3 aromatic rings. The summed E-state index contributed by atoms with van der Waals surface area (Å²) in [6.45, 7) is 1.01. The predicted octanol–water partition coefficient (Wildman–Crippen LogP) is 3.08. The summed E-state index contributed by atoms with van der Waals surface area (Å²) in [5.41, 5.74) is 1.88. The molecule has 0 unspecified atom stereocenters. The standard InChI is InChI=1S/C21H18N2O6/c1-26-21(25)15-4-2-3-5-16(15)22-20(24)12-14-11-18(29-23-14)13-6-7-17-19(10-13)28-9-8-27-17/h2-7,10-11H,8-9,12H2,1H3,(H,22,24). The molecule has 8 nitrogen and oxygen atoms in total. The molecule has 148 valence electrons. The van der Waals surface area contributed by atoms with Gasteiger partial charge in [0.1, 0.15) is 13.2 Å². The Labute approximate surface area is 166 Å². The lowest BCUT2D eigenvalue weighted by Gasteiger charge is -2.18. The summed E-state index contributed by atoms with van der Waals surface area (Å²) in [5.74, 6) is 0.985. The number of ether oxygens (including phenoxy) is 3. The van der Waals surface area contributed by atoms with Crippen LogP contribution in [-0.2, 0) is 16.0 Å². The predicted molar refractivity (Wildman–Crippen MR) is 103 cm³/mol. The molecule has 29 heavy (non-hydrogen) atoms. The van der Waals surface area contributed by atoms with Crippen molar-refractivity contribution < 1.29 is 28.3 Å². The number of carbonyl (C=O) groups excluding carboxylic acids is 2. The second kappa shape index (κ2) is 8.05. The van der Waals surface area contributed by atoms with Gasteiger partial charge in [-0.15, -0.1) is 0 Å². The van der Waals surface area contributed by atoms with Gasteiger partial charge >= 0.3 is 5.97 Å². The number of fused-ring (bicyclic) bond motifs is 1. The van der Waals surface area contributed by atoms with Gasteiger partial charge in [0.25, 0.3) is 0 Å². The molecule has 4 rings (SSSR count). The molecule has 0 saturated carbocycles. The lowest BCUT2D eigenvalue weighted by Crippen LogP contribution is -2.17. The van der Waals surface area contributed by atoms with Crippen LogP contribution >= 0.6 is 0 Å². The maximum Gasteiger partial charge on any atom is 0.339 e. The molecular formula is C21H18N2O6. The highest BCUT2D eigenvalue weighted by molar-refractivity contribution is 6.01. The fraction of sp³-hybridized carbons (Fsp3) is 0.190. The maximum absolute atomic E-state index is 12.4. The Bertz CT molecular complexity index is 1060. The lowest BCUT2D eigenvalue weighted by molar-refractivity contribution is -0.115. The summed E-state index contributed by atoms with van der Waals surface area (Å²) in [6.07, 6.45) is -0.0104. The van der Waals surface area contributed by atoms with E-state index in [9.17, 15) is 9.59 Å². The number of hydrogen-bond donors (Lipinski definition) is 1. The molecule has 0 fully saturated rings. The first-order valence-corrected chi connectivity index (χ1v) is 8.97. The number of nitrogens with zero attached hydrogens (tertiary/aromatic N) is 1. The van der Waals surface area contributed by atoms with Crippen molar-refractivity contribution in [3.63, 3.8) is 0 Å². The molecule has 0 aliphatic carbocycles. The fourth-order valence-electron chi connectivity index (χ4n) is 2.97. The number of carbonyl (C=O) groups is 2. The zero-order chi connectivity index (χ0) is 20.2. The quantitative estimate of drug-likeness (QED) is 0.664. The highest BCUT2D eigenvalue weighted by atomic mass is 16.6. The molecule has 1 aromatic heterocycles. The van der Waals surface area contributed by atoms with E-state index in [4.69, 9.17) is 18.7 Å². The Morgan fingerprint density at radius 3 is 2.69 bits per heavy atom. The highest BCUT2D eigenvalue weighted by Crippen LogP contribution is 2.34. The van der Waals surface area contributed by atoms with Crippen LogP contribution in [0.5, 0.6) is 11.5 Å². The van der Waals surface area contributed by atoms with E-state index in [1.165, 1.54) is 7.11 Å². The van der Waals surface area contributed by atoms with Crippen LogP contribution in [0.4, 0.5) is 5.69 Å². The molecule has 0 atom stereocenters. The Morgan fingerprint density at radius 1 is 1.07 bits per heavy atom. The van der Waals surface area contributed by atoms with E-state index >= 15 is 0 Å². The van der Waals surface area contributed by atoms with Gasteiger partial charge in [0.15, 0.2) is 17.3 Å². The van der Waals surface area contributed by atoms with Gasteiger partial charge in [0.05, 0.1) is 30.5 Å². The third-order valence-electron chi connectivity index (χ3n) is 4.33. The largest absolute Gasteiger partial charge is 0.486 e. The van der Waals surface area contributed by atoms with Crippen molar-refractivity contribution in [3.8, 4) is 22.8 Å². The van der Waals surface area contributed by atoms with Crippen molar-refractivity contribution in [2.75, 3.05) is 25.6 Å². The van der Waals surface area contributed by atoms with E-state index in [0.29, 0.717) is 41.9 Å². The number of anilines is 1. The van der Waals surface area contributed by atoms with E-state index in [-0.39, 0.29) is 17.9 Å². The molecule has 0 radical (unpaired) electrons. The molecule has 0 spiro atoms. The number of amides is 1.